The summed E-state index contributed by atoms with van der Waals surface area (Å²) < 4.78 is 23.1. The van der Waals surface area contributed by atoms with E-state index in [4.69, 9.17) is 18.9 Å². The van der Waals surface area contributed by atoms with Gasteiger partial charge in [0.25, 0.3) is 0 Å². The van der Waals surface area contributed by atoms with E-state index in [9.17, 15) is 75.7 Å². The number of hydrogen-bond donors (Lipinski definition) is 11. The Labute approximate surface area is 344 Å². The topological polar surface area (TPSA) is 334 Å². The van der Waals surface area contributed by atoms with Crippen LogP contribution in [0.1, 0.15) is 81.9 Å². The summed E-state index contributed by atoms with van der Waals surface area (Å²) in [6.07, 6.45) is -17.4. The van der Waals surface area contributed by atoms with Gasteiger partial charge in [0.05, 0.1) is 42.1 Å². The van der Waals surface area contributed by atoms with Crippen molar-refractivity contribution in [1.82, 2.24) is 0 Å². The molecule has 8 rings (SSSR count). The molecule has 12 atom stereocenters. The second kappa shape index (κ2) is 16.0. The maximum Gasteiger partial charge on any atom is 0.335 e. The highest BCUT2D eigenvalue weighted by atomic mass is 16.7. The van der Waals surface area contributed by atoms with Crippen LogP contribution in [0.3, 0.4) is 0 Å². The minimum atomic E-state index is -1.92. The van der Waals surface area contributed by atoms with Gasteiger partial charge in [-0.15, -0.1) is 0 Å². The van der Waals surface area contributed by atoms with Crippen LogP contribution in [-0.2, 0) is 16.1 Å². The molecule has 0 saturated carbocycles. The molecule has 322 valence electrons. The summed E-state index contributed by atoms with van der Waals surface area (Å²) in [6, 6.07) is 12.8. The molecular formula is C42H39O19-. The van der Waals surface area contributed by atoms with Crippen molar-refractivity contribution in [2.75, 3.05) is 13.2 Å². The minimum Gasteiger partial charge on any atom is -0.872 e. The van der Waals surface area contributed by atoms with Crippen molar-refractivity contribution < 1.29 is 94.6 Å². The van der Waals surface area contributed by atoms with Gasteiger partial charge in [-0.2, -0.15) is 0 Å². The summed E-state index contributed by atoms with van der Waals surface area (Å²) >= 11 is 0. The van der Waals surface area contributed by atoms with Crippen molar-refractivity contribution in [3.05, 3.63) is 116 Å². The lowest BCUT2D eigenvalue weighted by atomic mass is 9.63. The van der Waals surface area contributed by atoms with Gasteiger partial charge in [0, 0.05) is 17.4 Å². The Bertz CT molecular complexity index is 2410. The quantitative estimate of drug-likeness (QED) is 0.0873. The number of hydrogen-bond acceptors (Lipinski definition) is 18. The molecule has 0 radical (unpaired) electrons. The third kappa shape index (κ3) is 6.80. The van der Waals surface area contributed by atoms with Crippen molar-refractivity contribution in [3.8, 4) is 23.0 Å². The van der Waals surface area contributed by atoms with Crippen LogP contribution in [0.4, 0.5) is 0 Å². The molecule has 0 spiro atoms. The number of aromatic hydroxyl groups is 1. The van der Waals surface area contributed by atoms with Crippen LogP contribution >= 0.6 is 0 Å². The number of carbonyl (C=O) groups excluding carboxylic acids is 2. The van der Waals surface area contributed by atoms with Crippen LogP contribution in [0.15, 0.2) is 60.7 Å². The fourth-order valence-corrected chi connectivity index (χ4v) is 8.72. The van der Waals surface area contributed by atoms with E-state index >= 15 is 0 Å². The molecule has 0 amide bonds. The number of carbonyl (C=O) groups is 3. The van der Waals surface area contributed by atoms with E-state index < -0.39 is 133 Å². The zero-order valence-electron chi connectivity index (χ0n) is 31.5. The molecule has 2 heterocycles. The summed E-state index contributed by atoms with van der Waals surface area (Å²) in [7, 11) is 0. The number of phenolic OH excluding ortho intramolecular Hbond substituents is 1. The van der Waals surface area contributed by atoms with Gasteiger partial charge < -0.3 is 80.2 Å². The maximum atomic E-state index is 14.7. The highest BCUT2D eigenvalue weighted by molar-refractivity contribution is 6.18. The number of ketones is 2. The Morgan fingerprint density at radius 2 is 1.08 bits per heavy atom. The SMILES string of the molecule is O=C(O)c1cc([O-])c2c(c1)[C@H]([C@H]1c3cc(CO)cc(O)c3C(=O)c3c(O[C@@H]4O[C@H](CO)[C@@H](O)[C@H](O)[C@H]4O)cccc31)c1cccc(O[C@@H]3O[C@H](CO)[C@@H](O)[C@H](O)[C@H]3O)c1C2=O. The molecule has 19 nitrogen and oxygen atoms in total. The molecule has 19 heteroatoms. The largest absolute Gasteiger partial charge is 0.872 e. The minimum absolute atomic E-state index is 0.0521. The van der Waals surface area contributed by atoms with E-state index in [1.807, 2.05) is 0 Å². The normalized spacial score (nSPS) is 30.4. The molecule has 2 aliphatic heterocycles. The number of fused-ring (bicyclic) bond motifs is 4. The highest BCUT2D eigenvalue weighted by Gasteiger charge is 2.49. The van der Waals surface area contributed by atoms with E-state index in [-0.39, 0.29) is 56.0 Å². The fourth-order valence-electron chi connectivity index (χ4n) is 8.72. The monoisotopic (exact) mass is 847 g/mol. The zero-order chi connectivity index (χ0) is 43.8. The number of rotatable bonds is 9. The van der Waals surface area contributed by atoms with Crippen molar-refractivity contribution in [3.63, 3.8) is 0 Å². The molecule has 61 heavy (non-hydrogen) atoms. The highest BCUT2D eigenvalue weighted by Crippen LogP contribution is 2.56. The first kappa shape index (κ1) is 42.2. The van der Waals surface area contributed by atoms with Gasteiger partial charge in [0.2, 0.25) is 18.4 Å². The van der Waals surface area contributed by atoms with Gasteiger partial charge in [-0.1, -0.05) is 42.1 Å². The Kier molecular flexibility index (Phi) is 11.1. The first-order chi connectivity index (χ1) is 29.1. The van der Waals surface area contributed by atoms with E-state index in [1.54, 1.807) is 0 Å². The van der Waals surface area contributed by atoms with Crippen LogP contribution < -0.4 is 14.6 Å². The third-order valence-electron chi connectivity index (χ3n) is 11.7. The third-order valence-corrected chi connectivity index (χ3v) is 11.7. The first-order valence-electron chi connectivity index (χ1n) is 19.0. The molecule has 0 aromatic heterocycles. The van der Waals surface area contributed by atoms with Gasteiger partial charge in [0.1, 0.15) is 66.1 Å². The molecule has 11 N–H and O–H groups in total. The molecule has 2 saturated heterocycles. The Morgan fingerprint density at radius 3 is 1.54 bits per heavy atom. The molecule has 0 bridgehead atoms. The van der Waals surface area contributed by atoms with Crippen LogP contribution in [0.2, 0.25) is 0 Å². The lowest BCUT2D eigenvalue weighted by Gasteiger charge is -2.42. The Hall–Kier alpha value is -5.55. The van der Waals surface area contributed by atoms with Crippen LogP contribution in [0, 0.1) is 0 Å². The van der Waals surface area contributed by atoms with E-state index in [2.05, 4.69) is 0 Å². The average Bonchev–Trinajstić information content (AvgIpc) is 3.24. The number of carboxylic acids is 1. The standard InChI is InChI=1S/C42H40O19/c43-11-14-7-18-26(16-3-1-5-22(30(16)34(50)28(18)20(46)8-14)58-41-38(54)36(52)32(48)24(12-44)60-41)27-17-4-2-6-23(59-42-39(55)37(53)33(49)25(13-45)61-42)31(17)35(51)29-19(27)9-15(40(56)57)10-21(29)47/h1-10,24-27,32-33,36-39,41-49,52-55H,11-13H2,(H,56,57)/p-1/t24-,25-,26-,27-,32-,33-,36+,37+,38-,39-,41-,42-/m1/s1. The van der Waals surface area contributed by atoms with Crippen LogP contribution in [-0.4, -0.2) is 148 Å². The number of benzene rings is 4. The fraction of sp³-hybridized carbons (Fsp3) is 0.357. The van der Waals surface area contributed by atoms with E-state index in [1.165, 1.54) is 42.5 Å². The Balaban J connectivity index is 1.37. The van der Waals surface area contributed by atoms with Gasteiger partial charge in [-0.25, -0.2) is 4.79 Å². The predicted molar refractivity (Wildman–Crippen MR) is 199 cm³/mol. The summed E-state index contributed by atoms with van der Waals surface area (Å²) in [5, 5.41) is 129. The molecular weight excluding hydrogens is 808 g/mol. The first-order valence-corrected chi connectivity index (χ1v) is 19.0. The second-order valence-electron chi connectivity index (χ2n) is 15.2. The summed E-state index contributed by atoms with van der Waals surface area (Å²) in [4.78, 5) is 41.7. The summed E-state index contributed by atoms with van der Waals surface area (Å²) in [5.74, 6) is -8.15. The zero-order valence-corrected chi connectivity index (χ0v) is 31.5. The van der Waals surface area contributed by atoms with Gasteiger partial charge in [0.15, 0.2) is 5.78 Å². The van der Waals surface area contributed by atoms with Crippen molar-refractivity contribution >= 4 is 17.5 Å². The van der Waals surface area contributed by atoms with Crippen LogP contribution in [0.5, 0.6) is 23.0 Å². The summed E-state index contributed by atoms with van der Waals surface area (Å²) in [5.41, 5.74) is -1.68. The van der Waals surface area contributed by atoms with E-state index in [0.717, 1.165) is 18.2 Å². The lowest BCUT2D eigenvalue weighted by molar-refractivity contribution is -0.277. The molecule has 0 unspecified atom stereocenters. The number of aliphatic hydroxyl groups excluding tert-OH is 9. The van der Waals surface area contributed by atoms with Crippen molar-refractivity contribution in [1.29, 1.82) is 0 Å². The maximum absolute atomic E-state index is 14.7. The van der Waals surface area contributed by atoms with Gasteiger partial charge in [-0.3, -0.25) is 9.59 Å². The second-order valence-corrected chi connectivity index (χ2v) is 15.2. The molecule has 2 fully saturated rings. The van der Waals surface area contributed by atoms with Crippen molar-refractivity contribution in [2.45, 2.75) is 79.9 Å². The smallest absolute Gasteiger partial charge is 0.335 e. The number of aliphatic hydroxyl groups is 9. The average molecular weight is 848 g/mol. The molecule has 4 aromatic rings. The van der Waals surface area contributed by atoms with Gasteiger partial charge in [-0.05, 0) is 52.1 Å². The lowest BCUT2D eigenvalue weighted by Crippen LogP contribution is -2.60. The molecule has 4 aromatic carbocycles. The van der Waals surface area contributed by atoms with E-state index in [0.29, 0.717) is 0 Å². The summed E-state index contributed by atoms with van der Waals surface area (Å²) in [6.45, 7) is -2.23. The predicted octanol–water partition coefficient (Wildman–Crippen LogP) is -1.93. The number of aromatic carboxylic acids is 1. The number of carboxylic acid groups (broad SMARTS) is 1. The van der Waals surface area contributed by atoms with Crippen LogP contribution in [0.25, 0.3) is 0 Å². The number of ether oxygens (including phenoxy) is 4. The van der Waals surface area contributed by atoms with Crippen molar-refractivity contribution in [2.24, 2.45) is 0 Å². The molecule has 2 aliphatic carbocycles. The Morgan fingerprint density at radius 1 is 0.607 bits per heavy atom. The molecule has 4 aliphatic rings. The van der Waals surface area contributed by atoms with Gasteiger partial charge >= 0.3 is 5.97 Å². The number of phenols is 1.